The van der Waals surface area contributed by atoms with Crippen molar-refractivity contribution in [2.45, 2.75) is 23.3 Å². The maximum Gasteiger partial charge on any atom is 0.243 e. The molecule has 0 fully saturated rings. The molecule has 0 amide bonds. The Hall–Kier alpha value is -1.92. The first-order valence-electron chi connectivity index (χ1n) is 7.02. The smallest absolute Gasteiger partial charge is 0.225 e. The highest BCUT2D eigenvalue weighted by atomic mass is 32.2. The van der Waals surface area contributed by atoms with E-state index in [-0.39, 0.29) is 16.3 Å². The van der Waals surface area contributed by atoms with Crippen LogP contribution >= 0.6 is 11.7 Å². The summed E-state index contributed by atoms with van der Waals surface area (Å²) in [6, 6.07) is 9.06. The minimum Gasteiger partial charge on any atom is -0.225 e. The van der Waals surface area contributed by atoms with E-state index in [4.69, 9.17) is 5.14 Å². The van der Waals surface area contributed by atoms with Crippen LogP contribution in [0.1, 0.15) is 11.1 Å². The Labute approximate surface area is 149 Å². The van der Waals surface area contributed by atoms with Gasteiger partial charge >= 0.3 is 0 Å². The van der Waals surface area contributed by atoms with Crippen molar-refractivity contribution in [3.8, 4) is 0 Å². The molecule has 3 rings (SSSR count). The summed E-state index contributed by atoms with van der Waals surface area (Å²) in [5, 5.41) is 5.03. The summed E-state index contributed by atoms with van der Waals surface area (Å²) in [6.07, 6.45) is 0. The first kappa shape index (κ1) is 17.9. The third kappa shape index (κ3) is 3.70. The second kappa shape index (κ2) is 6.42. The number of aromatic nitrogens is 2. The fourth-order valence-electron chi connectivity index (χ4n) is 2.32. The Morgan fingerprint density at radius 2 is 1.72 bits per heavy atom. The summed E-state index contributed by atoms with van der Waals surface area (Å²) >= 11 is 0.949. The Bertz CT molecular complexity index is 1140. The molecule has 0 radical (unpaired) electrons. The van der Waals surface area contributed by atoms with Gasteiger partial charge in [0.25, 0.3) is 0 Å². The van der Waals surface area contributed by atoms with Crippen LogP contribution in [0.25, 0.3) is 11.0 Å². The van der Waals surface area contributed by atoms with E-state index < -0.39 is 20.0 Å². The molecule has 0 aliphatic heterocycles. The molecule has 0 saturated carbocycles. The molecule has 0 aliphatic rings. The molecule has 3 aromatic rings. The average Bonchev–Trinajstić information content (AvgIpc) is 3.00. The van der Waals surface area contributed by atoms with Crippen LogP contribution in [0.4, 0.5) is 0 Å². The van der Waals surface area contributed by atoms with E-state index in [1.165, 1.54) is 24.3 Å². The maximum atomic E-state index is 12.7. The van der Waals surface area contributed by atoms with Gasteiger partial charge in [0.1, 0.15) is 15.9 Å². The van der Waals surface area contributed by atoms with Crippen molar-refractivity contribution in [3.63, 3.8) is 0 Å². The highest BCUT2D eigenvalue weighted by Gasteiger charge is 2.22. The second-order valence-electron chi connectivity index (χ2n) is 5.36. The second-order valence-corrected chi connectivity index (χ2v) is 9.15. The molecule has 3 N–H and O–H groups in total. The maximum absolute atomic E-state index is 12.7. The van der Waals surface area contributed by atoms with Crippen LogP contribution in [0, 0.1) is 6.92 Å². The van der Waals surface area contributed by atoms with Crippen molar-refractivity contribution in [2.75, 3.05) is 0 Å². The molecular weight excluding hydrogens is 384 g/mol. The number of hydrogen-bond acceptors (Lipinski definition) is 7. The van der Waals surface area contributed by atoms with Crippen molar-refractivity contribution >= 4 is 42.8 Å². The lowest BCUT2D eigenvalue weighted by Crippen LogP contribution is -2.24. The lowest BCUT2D eigenvalue weighted by molar-refractivity contribution is 0.581. The highest BCUT2D eigenvalue weighted by molar-refractivity contribution is 7.89. The van der Waals surface area contributed by atoms with E-state index in [1.807, 2.05) is 0 Å². The zero-order valence-corrected chi connectivity index (χ0v) is 15.5. The first-order valence-corrected chi connectivity index (χ1v) is 10.8. The molecule has 0 spiro atoms. The zero-order chi connectivity index (χ0) is 18.2. The molecular formula is C14H14N4O4S3. The minimum absolute atomic E-state index is 0.000621. The number of benzene rings is 2. The molecule has 0 unspecified atom stereocenters. The molecule has 1 heterocycles. The molecule has 0 saturated heterocycles. The van der Waals surface area contributed by atoms with E-state index in [1.54, 1.807) is 19.1 Å². The Kier molecular flexibility index (Phi) is 4.60. The van der Waals surface area contributed by atoms with Crippen LogP contribution in [0.15, 0.2) is 46.2 Å². The molecule has 1 aromatic heterocycles. The van der Waals surface area contributed by atoms with Gasteiger partial charge in [0.15, 0.2) is 0 Å². The van der Waals surface area contributed by atoms with Crippen molar-refractivity contribution < 1.29 is 16.8 Å². The number of hydrogen-bond donors (Lipinski definition) is 2. The Balaban J connectivity index is 1.87. The third-order valence-corrected chi connectivity index (χ3v) is 6.61. The number of nitrogens with one attached hydrogen (secondary N) is 1. The van der Waals surface area contributed by atoms with Gasteiger partial charge in [-0.25, -0.2) is 26.7 Å². The number of sulfonamides is 2. The van der Waals surface area contributed by atoms with Gasteiger partial charge in [-0.1, -0.05) is 18.2 Å². The van der Waals surface area contributed by atoms with Gasteiger partial charge in [-0.15, -0.1) is 0 Å². The molecule has 0 aliphatic carbocycles. The summed E-state index contributed by atoms with van der Waals surface area (Å²) in [5.41, 5.74) is 2.02. The van der Waals surface area contributed by atoms with E-state index in [0.717, 1.165) is 11.7 Å². The quantitative estimate of drug-likeness (QED) is 0.662. The monoisotopic (exact) mass is 398 g/mol. The van der Waals surface area contributed by atoms with Crippen molar-refractivity contribution in [1.29, 1.82) is 0 Å². The van der Waals surface area contributed by atoms with Crippen LogP contribution in [0.3, 0.4) is 0 Å². The van der Waals surface area contributed by atoms with E-state index in [9.17, 15) is 16.8 Å². The fourth-order valence-corrected chi connectivity index (χ4v) is 4.83. The predicted octanol–water partition coefficient (Wildman–Crippen LogP) is 1.13. The number of aryl methyl sites for hydroxylation is 1. The third-order valence-electron chi connectivity index (χ3n) is 3.57. The number of rotatable bonds is 5. The average molecular weight is 398 g/mol. The normalized spacial score (nSPS) is 12.6. The summed E-state index contributed by atoms with van der Waals surface area (Å²) in [6.45, 7) is 1.69. The Morgan fingerprint density at radius 1 is 1.04 bits per heavy atom. The topological polar surface area (TPSA) is 132 Å². The molecule has 8 nitrogen and oxygen atoms in total. The van der Waals surface area contributed by atoms with Crippen LogP contribution in [-0.2, 0) is 26.6 Å². The summed E-state index contributed by atoms with van der Waals surface area (Å²) < 4.78 is 58.4. The van der Waals surface area contributed by atoms with Gasteiger partial charge in [-0.05, 0) is 36.2 Å². The summed E-state index contributed by atoms with van der Waals surface area (Å²) in [7, 11) is -7.60. The van der Waals surface area contributed by atoms with E-state index in [2.05, 4.69) is 13.5 Å². The van der Waals surface area contributed by atoms with Gasteiger partial charge in [0, 0.05) is 6.54 Å². The molecule has 0 bridgehead atoms. The van der Waals surface area contributed by atoms with Crippen LogP contribution in [0.2, 0.25) is 0 Å². The number of nitrogens with two attached hydrogens (primary N) is 1. The van der Waals surface area contributed by atoms with Crippen LogP contribution in [0.5, 0.6) is 0 Å². The SMILES string of the molecule is Cc1ccc2nsnc2c1S(=O)(=O)NCc1ccc(S(N)(=O)=O)cc1. The van der Waals surface area contributed by atoms with Gasteiger partial charge in [0.2, 0.25) is 20.0 Å². The van der Waals surface area contributed by atoms with Crippen LogP contribution in [-0.4, -0.2) is 25.6 Å². The predicted molar refractivity (Wildman–Crippen MR) is 94.0 cm³/mol. The van der Waals surface area contributed by atoms with Crippen molar-refractivity contribution in [3.05, 3.63) is 47.5 Å². The largest absolute Gasteiger partial charge is 0.243 e. The number of primary sulfonamides is 1. The lowest BCUT2D eigenvalue weighted by atomic mass is 10.2. The molecule has 0 atom stereocenters. The molecule has 25 heavy (non-hydrogen) atoms. The van der Waals surface area contributed by atoms with Gasteiger partial charge in [-0.2, -0.15) is 8.75 Å². The Morgan fingerprint density at radius 3 is 2.36 bits per heavy atom. The standard InChI is InChI=1S/C14H14N4O4S3/c1-9-2-7-12-13(18-23-17-12)14(9)25(21,22)16-8-10-3-5-11(6-4-10)24(15,19)20/h2-7,16H,8H2,1H3,(H2,15,19,20). The lowest BCUT2D eigenvalue weighted by Gasteiger charge is -2.10. The number of nitrogens with zero attached hydrogens (tertiary/aromatic N) is 2. The van der Waals surface area contributed by atoms with Crippen molar-refractivity contribution in [1.82, 2.24) is 13.5 Å². The summed E-state index contributed by atoms with van der Waals surface area (Å²) in [4.78, 5) is 0.0631. The molecule has 132 valence electrons. The molecule has 11 heteroatoms. The summed E-state index contributed by atoms with van der Waals surface area (Å²) in [5.74, 6) is 0. The first-order chi connectivity index (χ1) is 11.7. The van der Waals surface area contributed by atoms with E-state index in [0.29, 0.717) is 22.2 Å². The van der Waals surface area contributed by atoms with Gasteiger partial charge < -0.3 is 0 Å². The van der Waals surface area contributed by atoms with Crippen LogP contribution < -0.4 is 9.86 Å². The number of fused-ring (bicyclic) bond motifs is 1. The minimum atomic E-state index is -3.81. The fraction of sp³-hybridized carbons (Fsp3) is 0.143. The van der Waals surface area contributed by atoms with Gasteiger partial charge in [-0.3, -0.25) is 0 Å². The highest BCUT2D eigenvalue weighted by Crippen LogP contribution is 2.25. The van der Waals surface area contributed by atoms with E-state index >= 15 is 0 Å². The van der Waals surface area contributed by atoms with Crippen molar-refractivity contribution in [2.24, 2.45) is 5.14 Å². The zero-order valence-electron chi connectivity index (χ0n) is 13.0. The molecule has 2 aromatic carbocycles. The van der Waals surface area contributed by atoms with Gasteiger partial charge in [0.05, 0.1) is 16.6 Å².